The van der Waals surface area contributed by atoms with Crippen molar-refractivity contribution in [2.75, 3.05) is 19.0 Å². The number of hydrogen-bond donors (Lipinski definition) is 2. The number of nitrogens with one attached hydrogen (secondary N) is 2. The molecule has 0 aliphatic heterocycles. The van der Waals surface area contributed by atoms with Crippen LogP contribution in [0, 0.1) is 5.92 Å². The van der Waals surface area contributed by atoms with E-state index in [0.717, 1.165) is 16.8 Å². The third kappa shape index (κ3) is 7.07. The van der Waals surface area contributed by atoms with Gasteiger partial charge in [0.25, 0.3) is 11.8 Å². The van der Waals surface area contributed by atoms with E-state index < -0.39 is 30.4 Å². The van der Waals surface area contributed by atoms with Crippen LogP contribution in [-0.4, -0.2) is 37.5 Å². The molecule has 0 bridgehead atoms. The van der Waals surface area contributed by atoms with Gasteiger partial charge in [-0.3, -0.25) is 9.59 Å². The summed E-state index contributed by atoms with van der Waals surface area (Å²) in [6.45, 7) is 11.4. The molecule has 0 aliphatic carbocycles. The van der Waals surface area contributed by atoms with Crippen molar-refractivity contribution in [1.29, 1.82) is 0 Å². The zero-order chi connectivity index (χ0) is 25.4. The molecule has 0 spiro atoms. The molecule has 0 saturated heterocycles. The van der Waals surface area contributed by atoms with Crippen LogP contribution in [-0.2, 0) is 14.3 Å². The zero-order valence-electron chi connectivity index (χ0n) is 21.1. The van der Waals surface area contributed by atoms with Crippen molar-refractivity contribution < 1.29 is 23.9 Å². The average Bonchev–Trinajstić information content (AvgIpc) is 2.80. The molecule has 0 radical (unpaired) electrons. The van der Waals surface area contributed by atoms with Crippen molar-refractivity contribution in [2.24, 2.45) is 5.92 Å². The third-order valence-corrected chi connectivity index (χ3v) is 5.54. The van der Waals surface area contributed by atoms with Crippen molar-refractivity contribution in [3.8, 4) is 5.75 Å². The molecule has 2 aromatic rings. The van der Waals surface area contributed by atoms with Gasteiger partial charge in [-0.25, -0.2) is 4.79 Å². The summed E-state index contributed by atoms with van der Waals surface area (Å²) in [5.41, 5.74) is 3.21. The number of benzene rings is 2. The first-order chi connectivity index (χ1) is 16.0. The number of hydrogen-bond acceptors (Lipinski definition) is 5. The van der Waals surface area contributed by atoms with Gasteiger partial charge in [-0.15, -0.1) is 0 Å². The molecule has 2 N–H and O–H groups in total. The summed E-state index contributed by atoms with van der Waals surface area (Å²) in [6, 6.07) is 11.6. The molecule has 2 aromatic carbocycles. The second-order valence-electron chi connectivity index (χ2n) is 9.20. The highest BCUT2D eigenvalue weighted by Crippen LogP contribution is 2.32. The Morgan fingerprint density at radius 3 is 1.88 bits per heavy atom. The largest absolute Gasteiger partial charge is 0.497 e. The van der Waals surface area contributed by atoms with Gasteiger partial charge in [-0.05, 0) is 53.1 Å². The molecular weight excluding hydrogens is 432 g/mol. The van der Waals surface area contributed by atoms with Crippen LogP contribution in [0.4, 0.5) is 5.69 Å². The maximum Gasteiger partial charge on any atom is 0.329 e. The number of para-hydroxylation sites is 1. The Kier molecular flexibility index (Phi) is 9.66. The Morgan fingerprint density at radius 1 is 0.853 bits per heavy atom. The molecule has 0 unspecified atom stereocenters. The molecule has 0 fully saturated rings. The SMILES string of the molecule is COc1ccc(C(=O)N[C@@H](C(=O)OCC(=O)Nc2c(C(C)C)cccc2C(C)C)C(C)C)cc1. The fourth-order valence-corrected chi connectivity index (χ4v) is 3.56. The van der Waals surface area contributed by atoms with E-state index in [1.54, 1.807) is 45.2 Å². The number of esters is 1. The van der Waals surface area contributed by atoms with E-state index in [0.29, 0.717) is 11.3 Å². The maximum atomic E-state index is 12.7. The first-order valence-electron chi connectivity index (χ1n) is 11.6. The zero-order valence-corrected chi connectivity index (χ0v) is 21.1. The Bertz CT molecular complexity index is 970. The van der Waals surface area contributed by atoms with Gasteiger partial charge in [0.2, 0.25) is 0 Å². The number of amides is 2. The summed E-state index contributed by atoms with van der Waals surface area (Å²) in [7, 11) is 1.54. The minimum atomic E-state index is -0.892. The highest BCUT2D eigenvalue weighted by molar-refractivity contribution is 5.98. The van der Waals surface area contributed by atoms with Crippen molar-refractivity contribution in [3.05, 3.63) is 59.2 Å². The highest BCUT2D eigenvalue weighted by Gasteiger charge is 2.27. The van der Waals surface area contributed by atoms with E-state index in [-0.39, 0.29) is 17.8 Å². The van der Waals surface area contributed by atoms with Crippen LogP contribution in [0.2, 0.25) is 0 Å². The second-order valence-corrected chi connectivity index (χ2v) is 9.20. The quantitative estimate of drug-likeness (QED) is 0.485. The lowest BCUT2D eigenvalue weighted by molar-refractivity contribution is -0.150. The number of anilines is 1. The molecule has 1 atom stereocenters. The molecule has 184 valence electrons. The van der Waals surface area contributed by atoms with Crippen LogP contribution in [0.3, 0.4) is 0 Å². The highest BCUT2D eigenvalue weighted by atomic mass is 16.5. The third-order valence-electron chi connectivity index (χ3n) is 5.54. The average molecular weight is 469 g/mol. The van der Waals surface area contributed by atoms with Gasteiger partial charge < -0.3 is 20.1 Å². The molecule has 2 amide bonds. The number of carbonyl (C=O) groups excluding carboxylic acids is 3. The summed E-state index contributed by atoms with van der Waals surface area (Å²) in [5.74, 6) is -0.658. The van der Waals surface area contributed by atoms with Gasteiger partial charge >= 0.3 is 5.97 Å². The second kappa shape index (κ2) is 12.2. The molecular formula is C27H36N2O5. The summed E-state index contributed by atoms with van der Waals surface area (Å²) >= 11 is 0. The Hall–Kier alpha value is -3.35. The van der Waals surface area contributed by atoms with Crippen molar-refractivity contribution >= 4 is 23.5 Å². The smallest absolute Gasteiger partial charge is 0.329 e. The van der Waals surface area contributed by atoms with Gasteiger partial charge in [0.1, 0.15) is 11.8 Å². The van der Waals surface area contributed by atoms with E-state index >= 15 is 0 Å². The summed E-state index contributed by atoms with van der Waals surface area (Å²) in [5, 5.41) is 5.63. The normalized spacial score (nSPS) is 11.9. The van der Waals surface area contributed by atoms with E-state index in [4.69, 9.17) is 9.47 Å². The Labute approximate surface area is 202 Å². The van der Waals surface area contributed by atoms with Crippen LogP contribution < -0.4 is 15.4 Å². The molecule has 0 aromatic heterocycles. The van der Waals surface area contributed by atoms with Gasteiger partial charge in [0.05, 0.1) is 7.11 Å². The predicted octanol–water partition coefficient (Wildman–Crippen LogP) is 4.88. The minimum Gasteiger partial charge on any atom is -0.497 e. The van der Waals surface area contributed by atoms with Gasteiger partial charge in [0.15, 0.2) is 6.61 Å². The molecule has 0 aliphatic rings. The number of methoxy groups -OCH3 is 1. The minimum absolute atomic E-state index is 0.218. The summed E-state index contributed by atoms with van der Waals surface area (Å²) < 4.78 is 10.4. The van der Waals surface area contributed by atoms with Crippen LogP contribution in [0.25, 0.3) is 0 Å². The number of ether oxygens (including phenoxy) is 2. The van der Waals surface area contributed by atoms with Crippen molar-refractivity contribution in [2.45, 2.75) is 59.4 Å². The molecule has 7 heteroatoms. The fourth-order valence-electron chi connectivity index (χ4n) is 3.56. The van der Waals surface area contributed by atoms with Crippen molar-refractivity contribution in [1.82, 2.24) is 5.32 Å². The molecule has 7 nitrogen and oxygen atoms in total. The van der Waals surface area contributed by atoms with Crippen LogP contribution in [0.5, 0.6) is 5.75 Å². The molecule has 34 heavy (non-hydrogen) atoms. The fraction of sp³-hybridized carbons (Fsp3) is 0.444. The number of rotatable bonds is 10. The maximum absolute atomic E-state index is 12.7. The van der Waals surface area contributed by atoms with Crippen LogP contribution in [0.15, 0.2) is 42.5 Å². The number of carbonyl (C=O) groups is 3. The topological polar surface area (TPSA) is 93.7 Å². The van der Waals surface area contributed by atoms with E-state index in [2.05, 4.69) is 38.3 Å². The first-order valence-corrected chi connectivity index (χ1v) is 11.6. The van der Waals surface area contributed by atoms with Crippen LogP contribution in [0.1, 0.15) is 74.9 Å². The van der Waals surface area contributed by atoms with Crippen LogP contribution >= 0.6 is 0 Å². The lowest BCUT2D eigenvalue weighted by Crippen LogP contribution is -2.46. The summed E-state index contributed by atoms with van der Waals surface area (Å²) in [4.78, 5) is 38.0. The van der Waals surface area contributed by atoms with Gasteiger partial charge in [-0.1, -0.05) is 59.7 Å². The lowest BCUT2D eigenvalue weighted by Gasteiger charge is -2.22. The van der Waals surface area contributed by atoms with Gasteiger partial charge in [0, 0.05) is 11.3 Å². The molecule has 0 saturated carbocycles. The van der Waals surface area contributed by atoms with E-state index in [9.17, 15) is 14.4 Å². The van der Waals surface area contributed by atoms with Gasteiger partial charge in [-0.2, -0.15) is 0 Å². The molecule has 2 rings (SSSR count). The van der Waals surface area contributed by atoms with Crippen molar-refractivity contribution in [3.63, 3.8) is 0 Å². The predicted molar refractivity (Wildman–Crippen MR) is 133 cm³/mol. The summed E-state index contributed by atoms with van der Waals surface area (Å²) in [6.07, 6.45) is 0. The Morgan fingerprint density at radius 2 is 1.41 bits per heavy atom. The first kappa shape index (κ1) is 26.9. The van der Waals surface area contributed by atoms with E-state index in [1.807, 2.05) is 18.2 Å². The monoisotopic (exact) mass is 468 g/mol. The Balaban J connectivity index is 2.05. The van der Waals surface area contributed by atoms with E-state index in [1.165, 1.54) is 0 Å². The standard InChI is InChI=1S/C27H36N2O5/c1-16(2)21-9-8-10-22(17(3)4)25(21)28-23(30)15-34-27(32)24(18(5)6)29-26(31)19-11-13-20(33-7)14-12-19/h8-14,16-18,24H,15H2,1-7H3,(H,28,30)(H,29,31)/t24-/m1/s1. The lowest BCUT2D eigenvalue weighted by atomic mass is 9.92. The molecule has 0 heterocycles.